The molecule has 0 bridgehead atoms. The second-order valence-corrected chi connectivity index (χ2v) is 38.5. The van der Waals surface area contributed by atoms with Crippen LogP contribution < -0.4 is 0 Å². The third-order valence-electron chi connectivity index (χ3n) is 15.2. The number of unbranched alkanes of at least 4 members (excludes halogenated alkanes) is 35. The van der Waals surface area contributed by atoms with E-state index in [2.05, 4.69) is 96.0 Å². The van der Waals surface area contributed by atoms with Gasteiger partial charge in [-0.3, -0.25) is 0 Å². The Morgan fingerprint density at radius 3 is 0.429 bits per heavy atom. The van der Waals surface area contributed by atoms with E-state index in [1.54, 1.807) is 0 Å². The first-order valence-corrected chi connectivity index (χ1v) is 41.3. The van der Waals surface area contributed by atoms with Crippen molar-refractivity contribution in [1.82, 2.24) is 0 Å². The molecular formula is C60H120O5Si5. The second kappa shape index (κ2) is 43.8. The van der Waals surface area contributed by atoms with Gasteiger partial charge in [0.15, 0.2) is 0 Å². The Kier molecular flexibility index (Phi) is 42.3. The summed E-state index contributed by atoms with van der Waals surface area (Å²) < 4.78 is 39.8. The fraction of sp³-hybridized carbons (Fsp3) is 0.833. The minimum absolute atomic E-state index is 0.848. The Bertz CT molecular complexity index is 1050. The maximum atomic E-state index is 7.95. The molecule has 10 heteroatoms. The molecule has 0 amide bonds. The van der Waals surface area contributed by atoms with Crippen LogP contribution in [0.25, 0.3) is 0 Å². The van der Waals surface area contributed by atoms with Crippen LogP contribution >= 0.6 is 0 Å². The highest BCUT2D eigenvalue weighted by atomic mass is 28.5. The van der Waals surface area contributed by atoms with Crippen molar-refractivity contribution in [2.24, 2.45) is 0 Å². The molecule has 1 aliphatic heterocycles. The Labute approximate surface area is 444 Å². The Hall–Kier alpha value is -0.416. The molecule has 1 aliphatic rings. The molecule has 70 heavy (non-hydrogen) atoms. The largest absolute Gasteiger partial charge is 0.409 e. The minimum atomic E-state index is -3.22. The van der Waals surface area contributed by atoms with Crippen molar-refractivity contribution in [3.8, 4) is 0 Å². The van der Waals surface area contributed by atoms with Gasteiger partial charge in [-0.2, -0.15) is 0 Å². The average molecular weight is 1060 g/mol. The van der Waals surface area contributed by atoms with E-state index in [1.807, 2.05) is 0 Å². The third-order valence-corrected chi connectivity index (χ3v) is 37.4. The van der Waals surface area contributed by atoms with Crippen LogP contribution in [0.3, 0.4) is 0 Å². The van der Waals surface area contributed by atoms with Crippen molar-refractivity contribution in [2.45, 2.75) is 322 Å². The highest BCUT2D eigenvalue weighted by Crippen LogP contribution is 2.42. The summed E-state index contributed by atoms with van der Waals surface area (Å²) in [5, 5.41) is 0. The van der Waals surface area contributed by atoms with Gasteiger partial charge in [0, 0.05) is 0 Å². The number of rotatable bonds is 50. The first-order valence-electron chi connectivity index (χ1n) is 30.8. The fourth-order valence-corrected chi connectivity index (χ4v) is 37.1. The first kappa shape index (κ1) is 67.6. The zero-order chi connectivity index (χ0) is 51.4. The van der Waals surface area contributed by atoms with Crippen LogP contribution in [0, 0.1) is 0 Å². The lowest BCUT2D eigenvalue weighted by atomic mass is 10.1. The topological polar surface area (TPSA) is 46.2 Å². The van der Waals surface area contributed by atoms with Gasteiger partial charge >= 0.3 is 42.8 Å². The van der Waals surface area contributed by atoms with Crippen molar-refractivity contribution in [1.29, 1.82) is 0 Å². The number of hydrogen-bond acceptors (Lipinski definition) is 5. The van der Waals surface area contributed by atoms with Crippen molar-refractivity contribution < 1.29 is 20.6 Å². The van der Waals surface area contributed by atoms with E-state index in [4.69, 9.17) is 20.6 Å². The second-order valence-electron chi connectivity index (χ2n) is 21.7. The molecule has 0 aromatic heterocycles. The summed E-state index contributed by atoms with van der Waals surface area (Å²) in [6.07, 6.45) is 50.1. The zero-order valence-corrected chi connectivity index (χ0v) is 52.8. The van der Waals surface area contributed by atoms with Crippen LogP contribution in [0.15, 0.2) is 61.4 Å². The molecule has 0 N–H and O–H groups in total. The first-order chi connectivity index (χ1) is 34.1. The quantitative estimate of drug-likeness (QED) is 0.0449. The Morgan fingerprint density at radius 1 is 0.200 bits per heavy atom. The molecule has 0 aromatic rings. The molecule has 1 heterocycles. The molecule has 410 valence electrons. The van der Waals surface area contributed by atoms with Gasteiger partial charge in [-0.05, 0) is 30.2 Å². The van der Waals surface area contributed by atoms with E-state index in [0.29, 0.717) is 0 Å². The Morgan fingerprint density at radius 2 is 0.314 bits per heavy atom. The smallest absolute Gasteiger partial charge is 0.347 e. The highest BCUT2D eigenvalue weighted by Gasteiger charge is 2.59. The summed E-state index contributed by atoms with van der Waals surface area (Å²) in [6, 6.07) is 4.24. The van der Waals surface area contributed by atoms with E-state index < -0.39 is 42.8 Å². The maximum Gasteiger partial charge on any atom is 0.347 e. The molecule has 0 saturated carbocycles. The summed E-state index contributed by atoms with van der Waals surface area (Å²) in [7, 11) is -16.1. The van der Waals surface area contributed by atoms with Crippen LogP contribution in [0.1, 0.15) is 291 Å². The Balaban J connectivity index is 3.96. The van der Waals surface area contributed by atoms with Gasteiger partial charge in [0.05, 0.1) is 0 Å². The van der Waals surface area contributed by atoms with E-state index in [-0.39, 0.29) is 0 Å². The molecule has 0 aliphatic carbocycles. The molecule has 0 radical (unpaired) electrons. The van der Waals surface area contributed by atoms with E-state index in [1.165, 1.54) is 225 Å². The molecule has 1 fully saturated rings. The maximum absolute atomic E-state index is 7.95. The molecule has 5 nitrogen and oxygen atoms in total. The molecule has 0 unspecified atom stereocenters. The summed E-state index contributed by atoms with van der Waals surface area (Å²) in [4.78, 5) is 0. The van der Waals surface area contributed by atoms with Gasteiger partial charge in [-0.15, -0.1) is 32.9 Å². The van der Waals surface area contributed by atoms with Gasteiger partial charge in [0.2, 0.25) is 0 Å². The van der Waals surface area contributed by atoms with Crippen molar-refractivity contribution in [3.05, 3.63) is 61.4 Å². The van der Waals surface area contributed by atoms with Crippen molar-refractivity contribution in [2.75, 3.05) is 0 Å². The summed E-state index contributed by atoms with van der Waals surface area (Å²) in [5.74, 6) is 0. The SMILES string of the molecule is C=C[Si]1(CCCCCCCCCC)O[Si](C=C)(CCCCCCCCCC)O[Si](C=C)(CCCCCCCCCC)O[Si](C=C)(CCCCCCCCCC)O[Si](C=C)(CCCCCCCCCC)O1. The van der Waals surface area contributed by atoms with Crippen LogP contribution in [-0.2, 0) is 20.6 Å². The van der Waals surface area contributed by atoms with Gasteiger partial charge in [0.1, 0.15) is 0 Å². The van der Waals surface area contributed by atoms with Crippen LogP contribution in [0.4, 0.5) is 0 Å². The predicted molar refractivity (Wildman–Crippen MR) is 322 cm³/mol. The van der Waals surface area contributed by atoms with Gasteiger partial charge in [0.25, 0.3) is 0 Å². The molecule has 0 atom stereocenters. The minimum Gasteiger partial charge on any atom is -0.409 e. The molecular weight excluding hydrogens is 941 g/mol. The monoisotopic (exact) mass is 1060 g/mol. The highest BCUT2D eigenvalue weighted by molar-refractivity contribution is 6.99. The molecule has 0 spiro atoms. The average Bonchev–Trinajstić information content (AvgIpc) is 3.37. The predicted octanol–water partition coefficient (Wildman–Crippen LogP) is 21.6. The van der Waals surface area contributed by atoms with Crippen LogP contribution in [0.5, 0.6) is 0 Å². The molecule has 1 rings (SSSR count). The lowest BCUT2D eigenvalue weighted by Gasteiger charge is -2.51. The van der Waals surface area contributed by atoms with Gasteiger partial charge in [-0.1, -0.05) is 320 Å². The molecule has 1 saturated heterocycles. The zero-order valence-electron chi connectivity index (χ0n) is 47.8. The fourth-order valence-electron chi connectivity index (χ4n) is 10.5. The van der Waals surface area contributed by atoms with Crippen molar-refractivity contribution in [3.63, 3.8) is 0 Å². The van der Waals surface area contributed by atoms with E-state index in [9.17, 15) is 0 Å². The summed E-state index contributed by atoms with van der Waals surface area (Å²) >= 11 is 0. The third kappa shape index (κ3) is 30.2. The normalized spacial score (nSPS) is 24.1. The van der Waals surface area contributed by atoms with Gasteiger partial charge in [-0.25, -0.2) is 0 Å². The lowest BCUT2D eigenvalue weighted by molar-refractivity contribution is 0.232. The van der Waals surface area contributed by atoms with Crippen LogP contribution in [0.2, 0.25) is 30.2 Å². The van der Waals surface area contributed by atoms with Gasteiger partial charge < -0.3 is 20.6 Å². The summed E-state index contributed by atoms with van der Waals surface area (Å²) in [6.45, 7) is 34.8. The van der Waals surface area contributed by atoms with Crippen LogP contribution in [-0.4, -0.2) is 42.8 Å². The van der Waals surface area contributed by atoms with E-state index in [0.717, 1.165) is 62.3 Å². The number of hydrogen-bond donors (Lipinski definition) is 0. The van der Waals surface area contributed by atoms with E-state index >= 15 is 0 Å². The standard InChI is InChI=1S/C60H120O5Si5/c1-11-21-26-31-36-41-46-51-56-66(16-6)61-67(17-7,57-52-47-42-37-32-27-22-12-2)63-69(19-9,59-54-49-44-39-34-29-24-14-4)65-70(20-10,60-55-50-45-40-35-30-25-15-5)64-68(18-8,62-66)58-53-48-43-38-33-28-23-13-3/h16-20H,6-15,21-60H2,1-5H3. The van der Waals surface area contributed by atoms with Crippen molar-refractivity contribution >= 4 is 42.8 Å². The molecule has 0 aromatic carbocycles. The lowest BCUT2D eigenvalue weighted by Crippen LogP contribution is -2.68. The summed E-state index contributed by atoms with van der Waals surface area (Å²) in [5.41, 5.74) is 10.7.